The smallest absolute Gasteiger partial charge is 0.351 e. The van der Waals surface area contributed by atoms with Crippen molar-refractivity contribution in [2.75, 3.05) is 12.3 Å². The molecule has 128 valence electrons. The molecule has 1 aromatic heterocycles. The summed E-state index contributed by atoms with van der Waals surface area (Å²) >= 11 is 0. The Balaban J connectivity index is 2.36. The monoisotopic (exact) mass is 325 g/mol. The maximum absolute atomic E-state index is 12.1. The molecule has 1 saturated heterocycles. The zero-order valence-corrected chi connectivity index (χ0v) is 13.2. The summed E-state index contributed by atoms with van der Waals surface area (Å²) in [6, 6.07) is 0. The average molecular weight is 325 g/mol. The number of nitrogens with two attached hydrogens (primary N) is 1. The van der Waals surface area contributed by atoms with Gasteiger partial charge >= 0.3 is 5.69 Å². The van der Waals surface area contributed by atoms with Gasteiger partial charge in [0, 0.05) is 11.8 Å². The third-order valence-electron chi connectivity index (χ3n) is 3.87. The van der Waals surface area contributed by atoms with Crippen LogP contribution in [0.15, 0.2) is 22.6 Å². The fourth-order valence-electron chi connectivity index (χ4n) is 2.67. The standard InChI is InChI=1S/C15H23N3O5/c1-3-4-8(2)5-9-6-18(15(22)17-13(9)16)14-12(21)11(20)10(7-19)23-14/h4,6,10-12,14,19-21H,3,5,7H2,1-2H3,(H2,16,17,22)/t10-,11-,12-,14-/m1/s1. The topological polar surface area (TPSA) is 131 Å². The van der Waals surface area contributed by atoms with Gasteiger partial charge in [-0.3, -0.25) is 4.57 Å². The highest BCUT2D eigenvalue weighted by atomic mass is 16.6. The molecule has 0 unspecified atom stereocenters. The van der Waals surface area contributed by atoms with Crippen molar-refractivity contribution in [1.82, 2.24) is 9.55 Å². The first-order valence-corrected chi connectivity index (χ1v) is 7.54. The molecule has 23 heavy (non-hydrogen) atoms. The molecule has 8 heteroatoms. The lowest BCUT2D eigenvalue weighted by molar-refractivity contribution is -0.0550. The Morgan fingerprint density at radius 1 is 1.48 bits per heavy atom. The van der Waals surface area contributed by atoms with Gasteiger partial charge in [-0.15, -0.1) is 0 Å². The molecule has 0 radical (unpaired) electrons. The van der Waals surface area contributed by atoms with E-state index in [1.807, 2.05) is 19.9 Å². The number of nitrogen functional groups attached to an aromatic ring is 1. The zero-order chi connectivity index (χ0) is 17.1. The van der Waals surface area contributed by atoms with Gasteiger partial charge in [0.1, 0.15) is 24.1 Å². The van der Waals surface area contributed by atoms with Crippen LogP contribution in [0.5, 0.6) is 0 Å². The summed E-state index contributed by atoms with van der Waals surface area (Å²) in [6.07, 6.45) is 0.242. The SMILES string of the molecule is CCC=C(C)Cc1cn([C@@H]2O[C@H](CO)[C@@H](O)[C@H]2O)c(=O)nc1N. The van der Waals surface area contributed by atoms with Crippen molar-refractivity contribution in [1.29, 1.82) is 0 Å². The average Bonchev–Trinajstić information content (AvgIpc) is 2.78. The van der Waals surface area contributed by atoms with Gasteiger partial charge in [0.15, 0.2) is 6.23 Å². The van der Waals surface area contributed by atoms with Crippen LogP contribution in [0, 0.1) is 0 Å². The first kappa shape index (κ1) is 17.6. The molecule has 2 rings (SSSR count). The summed E-state index contributed by atoms with van der Waals surface area (Å²) < 4.78 is 6.47. The second-order valence-corrected chi connectivity index (χ2v) is 5.71. The van der Waals surface area contributed by atoms with E-state index in [-0.39, 0.29) is 5.82 Å². The molecule has 1 fully saturated rings. The highest BCUT2D eigenvalue weighted by Crippen LogP contribution is 2.28. The van der Waals surface area contributed by atoms with Crippen molar-refractivity contribution in [3.8, 4) is 0 Å². The van der Waals surface area contributed by atoms with E-state index < -0.39 is 36.8 Å². The van der Waals surface area contributed by atoms with Gasteiger partial charge in [-0.2, -0.15) is 4.98 Å². The number of anilines is 1. The lowest BCUT2D eigenvalue weighted by Gasteiger charge is -2.18. The molecule has 0 aromatic carbocycles. The number of nitrogens with zero attached hydrogens (tertiary/aromatic N) is 2. The van der Waals surface area contributed by atoms with E-state index in [9.17, 15) is 15.0 Å². The fraction of sp³-hybridized carbons (Fsp3) is 0.600. The van der Waals surface area contributed by atoms with Crippen molar-refractivity contribution < 1.29 is 20.1 Å². The van der Waals surface area contributed by atoms with Crippen molar-refractivity contribution in [3.05, 3.63) is 33.9 Å². The van der Waals surface area contributed by atoms with Gasteiger partial charge in [-0.25, -0.2) is 4.79 Å². The molecule has 1 aliphatic rings. The third kappa shape index (κ3) is 3.61. The van der Waals surface area contributed by atoms with E-state index in [1.165, 1.54) is 6.20 Å². The number of aromatic nitrogens is 2. The first-order chi connectivity index (χ1) is 10.9. The molecule has 8 nitrogen and oxygen atoms in total. The number of hydrogen-bond acceptors (Lipinski definition) is 7. The Kier molecular flexibility index (Phi) is 5.53. The molecule has 0 amide bonds. The Hall–Kier alpha value is -1.74. The van der Waals surface area contributed by atoms with Gasteiger partial charge in [-0.05, 0) is 19.8 Å². The largest absolute Gasteiger partial charge is 0.394 e. The number of hydrogen-bond donors (Lipinski definition) is 4. The summed E-state index contributed by atoms with van der Waals surface area (Å²) in [4.78, 5) is 15.8. The van der Waals surface area contributed by atoms with Crippen LogP contribution in [-0.2, 0) is 11.2 Å². The van der Waals surface area contributed by atoms with Crippen molar-refractivity contribution in [2.45, 2.75) is 51.2 Å². The van der Waals surface area contributed by atoms with Gasteiger partial charge < -0.3 is 25.8 Å². The van der Waals surface area contributed by atoms with Crippen LogP contribution in [0.25, 0.3) is 0 Å². The predicted molar refractivity (Wildman–Crippen MR) is 83.7 cm³/mol. The lowest BCUT2D eigenvalue weighted by atomic mass is 10.1. The maximum atomic E-state index is 12.1. The molecule has 0 spiro atoms. The van der Waals surface area contributed by atoms with Crippen LogP contribution >= 0.6 is 0 Å². The number of ether oxygens (including phenoxy) is 1. The fourth-order valence-corrected chi connectivity index (χ4v) is 2.67. The molecule has 1 aliphatic heterocycles. The summed E-state index contributed by atoms with van der Waals surface area (Å²) in [6.45, 7) is 3.51. The van der Waals surface area contributed by atoms with Crippen molar-refractivity contribution in [2.24, 2.45) is 0 Å². The van der Waals surface area contributed by atoms with Crippen molar-refractivity contribution >= 4 is 5.82 Å². The van der Waals surface area contributed by atoms with Gasteiger partial charge in [0.25, 0.3) is 0 Å². The number of allylic oxidation sites excluding steroid dienone is 2. The van der Waals surface area contributed by atoms with Crippen LogP contribution in [0.4, 0.5) is 5.82 Å². The zero-order valence-electron chi connectivity index (χ0n) is 13.2. The van der Waals surface area contributed by atoms with E-state index in [0.29, 0.717) is 12.0 Å². The molecular formula is C15H23N3O5. The van der Waals surface area contributed by atoms with Crippen LogP contribution < -0.4 is 11.4 Å². The lowest BCUT2D eigenvalue weighted by Crippen LogP contribution is -2.36. The first-order valence-electron chi connectivity index (χ1n) is 7.54. The summed E-state index contributed by atoms with van der Waals surface area (Å²) in [7, 11) is 0. The highest BCUT2D eigenvalue weighted by molar-refractivity contribution is 5.39. The summed E-state index contributed by atoms with van der Waals surface area (Å²) in [5, 5.41) is 29.0. The van der Waals surface area contributed by atoms with Gasteiger partial charge in [0.2, 0.25) is 0 Å². The highest BCUT2D eigenvalue weighted by Gasteiger charge is 2.43. The predicted octanol–water partition coefficient (Wildman–Crippen LogP) is -0.664. The Morgan fingerprint density at radius 3 is 2.74 bits per heavy atom. The summed E-state index contributed by atoms with van der Waals surface area (Å²) in [5.74, 6) is 0.127. The molecular weight excluding hydrogens is 302 g/mol. The molecule has 4 atom stereocenters. The number of rotatable bonds is 5. The van der Waals surface area contributed by atoms with Crippen molar-refractivity contribution in [3.63, 3.8) is 0 Å². The van der Waals surface area contributed by atoms with Gasteiger partial charge in [0.05, 0.1) is 6.61 Å². The molecule has 5 N–H and O–H groups in total. The minimum Gasteiger partial charge on any atom is -0.394 e. The molecule has 0 aliphatic carbocycles. The summed E-state index contributed by atoms with van der Waals surface area (Å²) in [5.41, 5.74) is 6.83. The minimum atomic E-state index is -1.34. The Bertz CT molecular complexity index is 642. The van der Waals surface area contributed by atoms with E-state index in [4.69, 9.17) is 15.6 Å². The third-order valence-corrected chi connectivity index (χ3v) is 3.87. The molecule has 2 heterocycles. The van der Waals surface area contributed by atoms with Gasteiger partial charge in [-0.1, -0.05) is 18.6 Å². The normalized spacial score (nSPS) is 28.3. The number of aliphatic hydroxyl groups excluding tert-OH is 3. The quantitative estimate of drug-likeness (QED) is 0.528. The van der Waals surface area contributed by atoms with Crippen LogP contribution in [-0.4, -0.2) is 49.8 Å². The Morgan fingerprint density at radius 2 is 2.17 bits per heavy atom. The van der Waals surface area contributed by atoms with E-state index in [0.717, 1.165) is 16.6 Å². The Labute approximate surface area is 133 Å². The maximum Gasteiger partial charge on any atom is 0.351 e. The van der Waals surface area contributed by atoms with Crippen LogP contribution in [0.2, 0.25) is 0 Å². The second kappa shape index (κ2) is 7.22. The molecule has 1 aromatic rings. The van der Waals surface area contributed by atoms with E-state index in [2.05, 4.69) is 4.98 Å². The van der Waals surface area contributed by atoms with Crippen LogP contribution in [0.1, 0.15) is 32.1 Å². The van der Waals surface area contributed by atoms with E-state index in [1.54, 1.807) is 0 Å². The second-order valence-electron chi connectivity index (χ2n) is 5.71. The van der Waals surface area contributed by atoms with E-state index >= 15 is 0 Å². The number of aliphatic hydroxyl groups is 3. The molecule has 0 saturated carbocycles. The minimum absolute atomic E-state index is 0.127. The molecule has 0 bridgehead atoms. The van der Waals surface area contributed by atoms with Crippen LogP contribution in [0.3, 0.4) is 0 Å².